The molecule has 0 radical (unpaired) electrons. The Kier molecular flexibility index (Phi) is 3.47. The molecule has 0 aliphatic carbocycles. The van der Waals surface area contributed by atoms with Crippen LogP contribution in [0, 0.1) is 0 Å². The van der Waals surface area contributed by atoms with Crippen LogP contribution in [0.25, 0.3) is 0 Å². The van der Waals surface area contributed by atoms with Crippen molar-refractivity contribution in [1.29, 1.82) is 0 Å². The number of nitrogen functional groups attached to an aromatic ring is 1. The highest BCUT2D eigenvalue weighted by atomic mass is 35.5. The molecule has 0 atom stereocenters. The first kappa shape index (κ1) is 12.4. The zero-order chi connectivity index (χ0) is 13.1. The van der Waals surface area contributed by atoms with Crippen LogP contribution in [0.4, 0.5) is 11.5 Å². The van der Waals surface area contributed by atoms with E-state index in [0.717, 1.165) is 0 Å². The van der Waals surface area contributed by atoms with Crippen LogP contribution in [-0.4, -0.2) is 20.7 Å². The highest BCUT2D eigenvalue weighted by Crippen LogP contribution is 2.13. The predicted molar refractivity (Wildman–Crippen MR) is 69.5 cm³/mol. The van der Waals surface area contributed by atoms with Crippen molar-refractivity contribution >= 4 is 29.0 Å². The fraction of sp³-hybridized carbons (Fsp3) is 0.182. The van der Waals surface area contributed by atoms with Crippen LogP contribution in [0.1, 0.15) is 17.4 Å². The van der Waals surface area contributed by atoms with Crippen LogP contribution in [0.5, 0.6) is 0 Å². The Balaban J connectivity index is 2.19. The Hall–Kier alpha value is -2.08. The van der Waals surface area contributed by atoms with Crippen molar-refractivity contribution in [3.63, 3.8) is 0 Å². The number of nitrogens with zero attached hydrogens (tertiary/aromatic N) is 3. The van der Waals surface area contributed by atoms with Gasteiger partial charge >= 0.3 is 0 Å². The van der Waals surface area contributed by atoms with Crippen molar-refractivity contribution in [2.45, 2.75) is 13.5 Å². The van der Waals surface area contributed by atoms with Gasteiger partial charge in [-0.1, -0.05) is 17.7 Å². The fourth-order valence-corrected chi connectivity index (χ4v) is 1.59. The molecule has 0 saturated heterocycles. The van der Waals surface area contributed by atoms with Gasteiger partial charge in [0.05, 0.1) is 5.69 Å². The number of amides is 1. The molecule has 7 heteroatoms. The number of carbonyl (C=O) groups excluding carboxylic acids is 1. The van der Waals surface area contributed by atoms with Gasteiger partial charge in [-0.05, 0) is 19.1 Å². The molecule has 0 saturated carbocycles. The van der Waals surface area contributed by atoms with E-state index >= 15 is 0 Å². The number of rotatable bonds is 3. The number of hydrogen-bond acceptors (Lipinski definition) is 4. The van der Waals surface area contributed by atoms with Gasteiger partial charge in [-0.15, -0.1) is 0 Å². The van der Waals surface area contributed by atoms with E-state index in [9.17, 15) is 4.79 Å². The number of pyridine rings is 1. The minimum absolute atomic E-state index is 0.179. The molecule has 0 aromatic carbocycles. The van der Waals surface area contributed by atoms with Gasteiger partial charge in [-0.3, -0.25) is 9.48 Å². The van der Waals surface area contributed by atoms with Crippen LogP contribution in [0.3, 0.4) is 0 Å². The smallest absolute Gasteiger partial charge is 0.279 e. The van der Waals surface area contributed by atoms with Crippen LogP contribution < -0.4 is 11.1 Å². The molecular weight excluding hydrogens is 254 g/mol. The number of aromatic nitrogens is 3. The van der Waals surface area contributed by atoms with Crippen molar-refractivity contribution in [2.75, 3.05) is 11.1 Å². The lowest BCUT2D eigenvalue weighted by Crippen LogP contribution is -2.15. The van der Waals surface area contributed by atoms with Crippen molar-refractivity contribution < 1.29 is 4.79 Å². The molecule has 0 bridgehead atoms. The molecule has 18 heavy (non-hydrogen) atoms. The van der Waals surface area contributed by atoms with Gasteiger partial charge in [0, 0.05) is 12.7 Å². The van der Waals surface area contributed by atoms with Crippen molar-refractivity contribution in [1.82, 2.24) is 14.8 Å². The number of carbonyl (C=O) groups is 1. The Bertz CT molecular complexity index is 581. The second-order valence-electron chi connectivity index (χ2n) is 3.59. The third-order valence-corrected chi connectivity index (χ3v) is 2.50. The number of hydrogen-bond donors (Lipinski definition) is 2. The molecule has 0 unspecified atom stereocenters. The lowest BCUT2D eigenvalue weighted by atomic mass is 10.3. The van der Waals surface area contributed by atoms with Gasteiger partial charge in [0.1, 0.15) is 11.0 Å². The van der Waals surface area contributed by atoms with Crippen molar-refractivity contribution in [2.24, 2.45) is 0 Å². The average Bonchev–Trinajstić information content (AvgIpc) is 2.70. The van der Waals surface area contributed by atoms with E-state index < -0.39 is 5.91 Å². The molecule has 2 rings (SSSR count). The van der Waals surface area contributed by atoms with E-state index in [-0.39, 0.29) is 5.69 Å². The monoisotopic (exact) mass is 265 g/mol. The van der Waals surface area contributed by atoms with Gasteiger partial charge < -0.3 is 11.1 Å². The summed E-state index contributed by atoms with van der Waals surface area (Å²) in [5.41, 5.74) is 6.22. The maximum atomic E-state index is 11.9. The topological polar surface area (TPSA) is 85.8 Å². The van der Waals surface area contributed by atoms with E-state index in [4.69, 9.17) is 17.3 Å². The molecule has 2 aromatic rings. The normalized spacial score (nSPS) is 10.3. The lowest BCUT2D eigenvalue weighted by Gasteiger charge is -2.02. The molecule has 3 N–H and O–H groups in total. The van der Waals surface area contributed by atoms with Gasteiger partial charge in [-0.25, -0.2) is 4.98 Å². The minimum atomic E-state index is -0.408. The molecule has 0 spiro atoms. The third kappa shape index (κ3) is 2.60. The van der Waals surface area contributed by atoms with E-state index in [1.807, 2.05) is 6.92 Å². The number of nitrogens with two attached hydrogens (primary N) is 1. The van der Waals surface area contributed by atoms with Crippen molar-refractivity contribution in [3.8, 4) is 0 Å². The Labute approximate surface area is 109 Å². The highest BCUT2D eigenvalue weighted by Gasteiger charge is 2.15. The van der Waals surface area contributed by atoms with Crippen LogP contribution >= 0.6 is 11.6 Å². The number of anilines is 2. The van der Waals surface area contributed by atoms with E-state index in [2.05, 4.69) is 15.4 Å². The second-order valence-corrected chi connectivity index (χ2v) is 3.98. The summed E-state index contributed by atoms with van der Waals surface area (Å²) in [6.07, 6.45) is 1.61. The zero-order valence-electron chi connectivity index (χ0n) is 9.72. The third-order valence-electron chi connectivity index (χ3n) is 2.29. The SMILES string of the molecule is CCn1cc(N)c(C(=O)Nc2cccc(Cl)n2)n1. The summed E-state index contributed by atoms with van der Waals surface area (Å²) >= 11 is 5.73. The summed E-state index contributed by atoms with van der Waals surface area (Å²) in [5.74, 6) is -0.0487. The maximum absolute atomic E-state index is 11.9. The first-order chi connectivity index (χ1) is 8.60. The van der Waals surface area contributed by atoms with Gasteiger partial charge in [-0.2, -0.15) is 5.10 Å². The standard InChI is InChI=1S/C11H12ClN5O/c1-2-17-6-7(13)10(16-17)11(18)15-9-5-3-4-8(12)14-9/h3-6H,2,13H2,1H3,(H,14,15,18). The summed E-state index contributed by atoms with van der Waals surface area (Å²) in [6.45, 7) is 2.56. The Morgan fingerprint density at radius 3 is 2.94 bits per heavy atom. The molecular formula is C11H12ClN5O. The van der Waals surface area contributed by atoms with E-state index in [1.54, 1.807) is 29.1 Å². The molecule has 94 valence electrons. The molecule has 0 aliphatic rings. The van der Waals surface area contributed by atoms with Gasteiger partial charge in [0.2, 0.25) is 0 Å². The number of halogens is 1. The van der Waals surface area contributed by atoms with Gasteiger partial charge in [0.15, 0.2) is 5.69 Å². The fourth-order valence-electron chi connectivity index (χ4n) is 1.43. The van der Waals surface area contributed by atoms with Crippen LogP contribution in [0.15, 0.2) is 24.4 Å². The molecule has 0 aliphatic heterocycles. The zero-order valence-corrected chi connectivity index (χ0v) is 10.5. The minimum Gasteiger partial charge on any atom is -0.396 e. The van der Waals surface area contributed by atoms with E-state index in [1.165, 1.54) is 0 Å². The Morgan fingerprint density at radius 2 is 2.33 bits per heavy atom. The molecule has 1 amide bonds. The summed E-state index contributed by atoms with van der Waals surface area (Å²) < 4.78 is 1.59. The van der Waals surface area contributed by atoms with Crippen LogP contribution in [0.2, 0.25) is 5.15 Å². The first-order valence-corrected chi connectivity index (χ1v) is 5.74. The van der Waals surface area contributed by atoms with Crippen LogP contribution in [-0.2, 0) is 6.54 Å². The summed E-state index contributed by atoms with van der Waals surface area (Å²) in [7, 11) is 0. The van der Waals surface area contributed by atoms with Gasteiger partial charge in [0.25, 0.3) is 5.91 Å². The summed E-state index contributed by atoms with van der Waals surface area (Å²) in [4.78, 5) is 15.9. The largest absolute Gasteiger partial charge is 0.396 e. The number of nitrogens with one attached hydrogen (secondary N) is 1. The van der Waals surface area contributed by atoms with Crippen molar-refractivity contribution in [3.05, 3.63) is 35.2 Å². The van der Waals surface area contributed by atoms with E-state index in [0.29, 0.717) is 23.2 Å². The molecule has 2 aromatic heterocycles. The first-order valence-electron chi connectivity index (χ1n) is 5.37. The summed E-state index contributed by atoms with van der Waals surface area (Å²) in [6, 6.07) is 4.95. The highest BCUT2D eigenvalue weighted by molar-refractivity contribution is 6.29. The quantitative estimate of drug-likeness (QED) is 0.829. The Morgan fingerprint density at radius 1 is 1.56 bits per heavy atom. The molecule has 0 fully saturated rings. The second kappa shape index (κ2) is 5.05. The lowest BCUT2D eigenvalue weighted by molar-refractivity contribution is 0.102. The number of aryl methyl sites for hydroxylation is 1. The summed E-state index contributed by atoms with van der Waals surface area (Å²) in [5, 5.41) is 6.96. The predicted octanol–water partition coefficient (Wildman–Crippen LogP) is 1.79. The average molecular weight is 266 g/mol. The molecule has 6 nitrogen and oxygen atoms in total. The maximum Gasteiger partial charge on any atom is 0.279 e. The molecule has 2 heterocycles.